The zero-order chi connectivity index (χ0) is 37.2. The van der Waals surface area contributed by atoms with Gasteiger partial charge in [0.15, 0.2) is 0 Å². The molecule has 2 amide bonds. The van der Waals surface area contributed by atoms with Crippen molar-refractivity contribution in [2.24, 2.45) is 0 Å². The van der Waals surface area contributed by atoms with Gasteiger partial charge in [-0.1, -0.05) is 23.2 Å². The monoisotopic (exact) mass is 874 g/mol. The number of nitrogens with zero attached hydrogens (tertiary/aromatic N) is 2. The van der Waals surface area contributed by atoms with Crippen LogP contribution in [0.1, 0.15) is 67.2 Å². The molecule has 1 N–H and O–H groups in total. The summed E-state index contributed by atoms with van der Waals surface area (Å²) in [6.45, 7) is 13.2. The Kier molecular flexibility index (Phi) is 16.8. The molecule has 0 aliphatic carbocycles. The molecule has 0 aromatic heterocycles. The van der Waals surface area contributed by atoms with Crippen LogP contribution in [0.5, 0.6) is 11.5 Å². The van der Waals surface area contributed by atoms with Crippen molar-refractivity contribution in [3.63, 3.8) is 0 Å². The predicted octanol–water partition coefficient (Wildman–Crippen LogP) is 9.05. The van der Waals surface area contributed by atoms with Gasteiger partial charge in [0.05, 0.1) is 21.3 Å². The van der Waals surface area contributed by atoms with Crippen LogP contribution >= 0.6 is 55.1 Å². The minimum Gasteiger partial charge on any atom is -0.507 e. The maximum atomic E-state index is 12.0. The van der Waals surface area contributed by atoms with E-state index in [0.717, 1.165) is 29.3 Å². The standard InChI is InChI=1S/C16H21BrClNO3.C11H21NO5S.C6H4BrClO/c1-16(2,3)22-15(20)19-8-6-12(7-9-19)21-14-5-4-11(18)10-13(14)17;1-11(2,3)16-10(13)12-7-5-9(6-8-12)17-18(4,14)15;7-5-3-4(8)1-2-6(5)9/h4-5,10,12H,6-9H2,1-3H3;9H,5-8H2,1-4H3;1-3,9H. The number of hydrogen-bond acceptors (Lipinski definition) is 9. The largest absolute Gasteiger partial charge is 0.507 e. The van der Waals surface area contributed by atoms with E-state index in [1.165, 1.54) is 6.07 Å². The van der Waals surface area contributed by atoms with E-state index in [-0.39, 0.29) is 30.1 Å². The van der Waals surface area contributed by atoms with E-state index in [4.69, 9.17) is 46.7 Å². The Labute approximate surface area is 316 Å². The average molecular weight is 878 g/mol. The van der Waals surface area contributed by atoms with Crippen molar-refractivity contribution < 1.29 is 41.5 Å². The van der Waals surface area contributed by atoms with Gasteiger partial charge in [0, 0.05) is 49.1 Å². The number of likely N-dealkylation sites (tertiary alicyclic amines) is 2. The Morgan fingerprint density at radius 3 is 1.53 bits per heavy atom. The van der Waals surface area contributed by atoms with Gasteiger partial charge in [-0.25, -0.2) is 9.59 Å². The summed E-state index contributed by atoms with van der Waals surface area (Å²) in [5.74, 6) is 0.986. The summed E-state index contributed by atoms with van der Waals surface area (Å²) in [5.41, 5.74) is -0.976. The zero-order valence-electron chi connectivity index (χ0n) is 28.8. The van der Waals surface area contributed by atoms with E-state index >= 15 is 0 Å². The van der Waals surface area contributed by atoms with Crippen LogP contribution in [-0.4, -0.2) is 91.4 Å². The molecule has 2 heterocycles. The average Bonchev–Trinajstić information content (AvgIpc) is 2.95. The van der Waals surface area contributed by atoms with Crippen molar-refractivity contribution in [1.82, 2.24) is 9.80 Å². The van der Waals surface area contributed by atoms with Gasteiger partial charge in [-0.3, -0.25) is 4.18 Å². The lowest BCUT2D eigenvalue weighted by atomic mass is 10.1. The first kappa shape index (κ1) is 43.2. The quantitative estimate of drug-likeness (QED) is 0.299. The van der Waals surface area contributed by atoms with E-state index in [2.05, 4.69) is 31.9 Å². The fraction of sp³-hybridized carbons (Fsp3) is 0.576. The molecule has 4 rings (SSSR count). The summed E-state index contributed by atoms with van der Waals surface area (Å²) in [7, 11) is -3.42. The lowest BCUT2D eigenvalue weighted by Crippen LogP contribution is -2.44. The number of piperidine rings is 2. The molecule has 0 unspecified atom stereocenters. The number of carbonyl (C=O) groups excluding carboxylic acids is 2. The summed E-state index contributed by atoms with van der Waals surface area (Å²) >= 11 is 18.1. The lowest BCUT2D eigenvalue weighted by molar-refractivity contribution is 0.0117. The number of phenols is 1. The van der Waals surface area contributed by atoms with Gasteiger partial charge in [0.1, 0.15) is 28.8 Å². The number of aromatic hydroxyl groups is 1. The van der Waals surface area contributed by atoms with Crippen molar-refractivity contribution in [3.8, 4) is 11.5 Å². The topological polar surface area (TPSA) is 132 Å². The van der Waals surface area contributed by atoms with Gasteiger partial charge in [-0.05, 0) is 123 Å². The summed E-state index contributed by atoms with van der Waals surface area (Å²) in [6.07, 6.45) is 2.77. The summed E-state index contributed by atoms with van der Waals surface area (Å²) in [6, 6.07) is 10.3. The highest BCUT2D eigenvalue weighted by atomic mass is 79.9. The van der Waals surface area contributed by atoms with Crippen molar-refractivity contribution >= 4 is 77.4 Å². The number of carbonyl (C=O) groups is 2. The molecule has 49 heavy (non-hydrogen) atoms. The number of phenolic OH excluding ortho intramolecular Hbond substituents is 1. The second-order valence-electron chi connectivity index (χ2n) is 13.4. The first-order valence-electron chi connectivity index (χ1n) is 15.6. The van der Waals surface area contributed by atoms with Gasteiger partial charge < -0.3 is 29.1 Å². The second kappa shape index (κ2) is 19.0. The SMILES string of the molecule is CC(C)(C)OC(=O)N1CCC(OS(C)(=O)=O)CC1.CC(C)(C)OC(=O)N1CCC(Oc2ccc(Cl)cc2Br)CC1.Oc1ccc(Cl)cc1Br. The molecule has 0 bridgehead atoms. The number of rotatable bonds is 4. The van der Waals surface area contributed by atoms with E-state index < -0.39 is 21.3 Å². The normalized spacial score (nSPS) is 16.1. The van der Waals surface area contributed by atoms with E-state index in [1.54, 1.807) is 28.0 Å². The van der Waals surface area contributed by atoms with Crippen LogP contribution in [0.4, 0.5) is 9.59 Å². The fourth-order valence-corrected chi connectivity index (χ4v) is 6.57. The first-order chi connectivity index (χ1) is 22.5. The Morgan fingerprint density at radius 1 is 0.755 bits per heavy atom. The van der Waals surface area contributed by atoms with E-state index in [1.807, 2.05) is 53.7 Å². The van der Waals surface area contributed by atoms with Crippen LogP contribution in [-0.2, 0) is 23.8 Å². The molecular weight excluding hydrogens is 831 g/mol. The second-order valence-corrected chi connectivity index (χ2v) is 17.6. The van der Waals surface area contributed by atoms with Gasteiger partial charge in [-0.15, -0.1) is 0 Å². The van der Waals surface area contributed by atoms with Gasteiger partial charge >= 0.3 is 12.2 Å². The van der Waals surface area contributed by atoms with Crippen LogP contribution in [0.25, 0.3) is 0 Å². The Bertz CT molecular complexity index is 1500. The lowest BCUT2D eigenvalue weighted by Gasteiger charge is -2.33. The molecule has 16 heteroatoms. The third kappa shape index (κ3) is 17.7. The van der Waals surface area contributed by atoms with Crippen LogP contribution < -0.4 is 4.74 Å². The molecule has 2 aromatic rings. The van der Waals surface area contributed by atoms with Crippen molar-refractivity contribution in [2.45, 2.75) is 90.6 Å². The fourth-order valence-electron chi connectivity index (χ4n) is 4.42. The molecule has 2 aromatic carbocycles. The molecular formula is C33H46Br2Cl2N2O9S. The molecule has 276 valence electrons. The summed E-state index contributed by atoms with van der Waals surface area (Å²) in [5, 5.41) is 10.2. The minimum absolute atomic E-state index is 0.0937. The maximum absolute atomic E-state index is 12.0. The van der Waals surface area contributed by atoms with Crippen molar-refractivity contribution in [1.29, 1.82) is 0 Å². The number of ether oxygens (including phenoxy) is 3. The minimum atomic E-state index is -3.42. The zero-order valence-corrected chi connectivity index (χ0v) is 34.3. The molecule has 0 spiro atoms. The maximum Gasteiger partial charge on any atom is 0.410 e. The van der Waals surface area contributed by atoms with Crippen LogP contribution in [0.15, 0.2) is 45.3 Å². The number of hydrogen-bond donors (Lipinski definition) is 1. The highest BCUT2D eigenvalue weighted by Crippen LogP contribution is 2.31. The third-order valence-corrected chi connectivity index (χ3v) is 8.94. The molecule has 2 aliphatic rings. The molecule has 11 nitrogen and oxygen atoms in total. The third-order valence-electron chi connectivity index (χ3n) is 6.60. The Morgan fingerprint density at radius 2 is 1.16 bits per heavy atom. The molecule has 0 saturated carbocycles. The van der Waals surface area contributed by atoms with E-state index in [0.29, 0.717) is 53.5 Å². The smallest absolute Gasteiger partial charge is 0.410 e. The highest BCUT2D eigenvalue weighted by molar-refractivity contribution is 9.11. The molecule has 0 atom stereocenters. The van der Waals surface area contributed by atoms with Gasteiger partial charge in [-0.2, -0.15) is 8.42 Å². The number of benzene rings is 2. The van der Waals surface area contributed by atoms with Crippen molar-refractivity contribution in [3.05, 3.63) is 55.4 Å². The molecule has 2 fully saturated rings. The van der Waals surface area contributed by atoms with Gasteiger partial charge in [0.25, 0.3) is 10.1 Å². The van der Waals surface area contributed by atoms with Crippen LogP contribution in [0.2, 0.25) is 10.0 Å². The molecule has 0 radical (unpaired) electrons. The number of amides is 2. The van der Waals surface area contributed by atoms with Crippen LogP contribution in [0.3, 0.4) is 0 Å². The summed E-state index contributed by atoms with van der Waals surface area (Å²) in [4.78, 5) is 27.1. The highest BCUT2D eigenvalue weighted by Gasteiger charge is 2.29. The first-order valence-corrected chi connectivity index (χ1v) is 19.8. The predicted molar refractivity (Wildman–Crippen MR) is 198 cm³/mol. The van der Waals surface area contributed by atoms with E-state index in [9.17, 15) is 18.0 Å². The summed E-state index contributed by atoms with van der Waals surface area (Å²) < 4.78 is 44.9. The molecule has 2 saturated heterocycles. The Balaban J connectivity index is 0.000000276. The molecule has 2 aliphatic heterocycles. The van der Waals surface area contributed by atoms with Gasteiger partial charge in [0.2, 0.25) is 0 Å². The van der Waals surface area contributed by atoms with Crippen molar-refractivity contribution in [2.75, 3.05) is 32.4 Å². The Hall–Kier alpha value is -1.97. The number of halogens is 4. The van der Waals surface area contributed by atoms with Crippen LogP contribution in [0, 0.1) is 0 Å².